The van der Waals surface area contributed by atoms with E-state index in [1.54, 1.807) is 6.33 Å². The zero-order valence-corrected chi connectivity index (χ0v) is 20.8. The molecule has 2 heterocycles. The first-order chi connectivity index (χ1) is 17.1. The number of hydrogen-bond acceptors (Lipinski definition) is 3. The molecular weight excluding hydrogens is 489 g/mol. The Morgan fingerprint density at radius 2 is 1.89 bits per heavy atom. The molecule has 1 aromatic heterocycles. The summed E-state index contributed by atoms with van der Waals surface area (Å²) in [6.45, 7) is 2.08. The van der Waals surface area contributed by atoms with E-state index in [1.807, 2.05) is 23.7 Å². The molecule has 1 aliphatic heterocycles. The van der Waals surface area contributed by atoms with Gasteiger partial charge in [-0.1, -0.05) is 13.0 Å². The molecule has 3 aromatic rings. The maximum Gasteiger partial charge on any atom is 0.416 e. The molecule has 1 amide bonds. The molecule has 2 aromatic carbocycles. The number of carbonyl (C=O) groups excluding carboxylic acids is 1. The van der Waals surface area contributed by atoms with Crippen molar-refractivity contribution in [2.24, 2.45) is 13.0 Å². The van der Waals surface area contributed by atoms with Crippen LogP contribution >= 0.6 is 11.6 Å². The molecule has 0 unspecified atom stereocenters. The van der Waals surface area contributed by atoms with Crippen LogP contribution in [0.1, 0.15) is 82.5 Å². The molecular formula is C27H26ClF3N4O. The van der Waals surface area contributed by atoms with Crippen LogP contribution in [0.2, 0.25) is 0 Å². The van der Waals surface area contributed by atoms with E-state index < -0.39 is 17.6 Å². The van der Waals surface area contributed by atoms with Gasteiger partial charge in [-0.2, -0.15) is 13.2 Å². The minimum Gasteiger partial charge on any atom is -0.320 e. The fourth-order valence-corrected chi connectivity index (χ4v) is 6.27. The Bertz CT molecular complexity index is 1370. The first-order valence-electron chi connectivity index (χ1n) is 12.2. The lowest BCUT2D eigenvalue weighted by atomic mass is 9.58. The first-order valence-corrected chi connectivity index (χ1v) is 12.7. The SMILES string of the molecule is CC1CC(c2cc(C3CC3)cc(N3Cc4c(cc(CCl)cc4C(F)(F)F)C3=O)c2)(c2nncn2C)C1. The molecule has 0 bridgehead atoms. The molecule has 188 valence electrons. The van der Waals surface area contributed by atoms with Crippen LogP contribution in [0.15, 0.2) is 36.7 Å². The zero-order chi connectivity index (χ0) is 25.4. The number of amides is 1. The molecule has 0 N–H and O–H groups in total. The Balaban J connectivity index is 1.47. The van der Waals surface area contributed by atoms with E-state index in [-0.39, 0.29) is 34.5 Å². The van der Waals surface area contributed by atoms with E-state index in [4.69, 9.17) is 11.6 Å². The fourth-order valence-electron chi connectivity index (χ4n) is 6.12. The summed E-state index contributed by atoms with van der Waals surface area (Å²) in [5.74, 6) is 1.28. The number of aryl methyl sites for hydroxylation is 1. The molecule has 36 heavy (non-hydrogen) atoms. The predicted octanol–water partition coefficient (Wildman–Crippen LogP) is 6.33. The lowest BCUT2D eigenvalue weighted by molar-refractivity contribution is -0.138. The molecule has 6 rings (SSSR count). The summed E-state index contributed by atoms with van der Waals surface area (Å²) in [6, 6.07) is 8.73. The summed E-state index contributed by atoms with van der Waals surface area (Å²) < 4.78 is 43.7. The average Bonchev–Trinajstić information content (AvgIpc) is 3.51. The Morgan fingerprint density at radius 1 is 1.14 bits per heavy atom. The van der Waals surface area contributed by atoms with E-state index in [9.17, 15) is 18.0 Å². The quantitative estimate of drug-likeness (QED) is 0.374. The van der Waals surface area contributed by atoms with Crippen LogP contribution in [-0.4, -0.2) is 20.7 Å². The lowest BCUT2D eigenvalue weighted by Crippen LogP contribution is -2.43. The minimum absolute atomic E-state index is 0.0139. The number of anilines is 1. The number of benzene rings is 2. The van der Waals surface area contributed by atoms with Crippen molar-refractivity contribution in [2.75, 3.05) is 4.90 Å². The van der Waals surface area contributed by atoms with Gasteiger partial charge in [0.2, 0.25) is 0 Å². The Kier molecular flexibility index (Phi) is 5.27. The molecule has 5 nitrogen and oxygen atoms in total. The highest BCUT2D eigenvalue weighted by Crippen LogP contribution is 2.54. The van der Waals surface area contributed by atoms with Crippen molar-refractivity contribution < 1.29 is 18.0 Å². The molecule has 0 spiro atoms. The number of carbonyl (C=O) groups is 1. The standard InChI is InChI=1S/C27H26ClF3N4O/c1-15-10-26(11-15,25-33-32-14-34(25)2)19-7-18(17-3-4-17)8-20(9-19)35-13-22-21(24(35)36)5-16(12-28)6-23(22)27(29,30)31/h5-9,14-15,17H,3-4,10-13H2,1-2H3. The number of nitrogens with zero attached hydrogens (tertiary/aromatic N) is 4. The average molecular weight is 515 g/mol. The third-order valence-electron chi connectivity index (χ3n) is 7.95. The second-order valence-corrected chi connectivity index (χ2v) is 10.9. The van der Waals surface area contributed by atoms with Gasteiger partial charge < -0.3 is 9.47 Å². The number of halogens is 4. The van der Waals surface area contributed by atoms with E-state index in [0.29, 0.717) is 17.5 Å². The smallest absolute Gasteiger partial charge is 0.320 e. The van der Waals surface area contributed by atoms with Crippen molar-refractivity contribution in [1.29, 1.82) is 0 Å². The van der Waals surface area contributed by atoms with Crippen LogP contribution in [0, 0.1) is 5.92 Å². The fraction of sp³-hybridized carbons (Fsp3) is 0.444. The van der Waals surface area contributed by atoms with Crippen LogP contribution in [0.5, 0.6) is 0 Å². The van der Waals surface area contributed by atoms with Gasteiger partial charge in [-0.05, 0) is 84.0 Å². The van der Waals surface area contributed by atoms with Crippen molar-refractivity contribution >= 4 is 23.2 Å². The van der Waals surface area contributed by atoms with Crippen LogP contribution < -0.4 is 4.90 Å². The monoisotopic (exact) mass is 514 g/mol. The normalized spacial score (nSPS) is 23.7. The zero-order valence-electron chi connectivity index (χ0n) is 20.1. The van der Waals surface area contributed by atoms with E-state index in [2.05, 4.69) is 23.2 Å². The highest BCUT2D eigenvalue weighted by Gasteiger charge is 2.49. The molecule has 2 aliphatic carbocycles. The Morgan fingerprint density at radius 3 is 2.47 bits per heavy atom. The number of alkyl halides is 4. The largest absolute Gasteiger partial charge is 0.416 e. The highest BCUT2D eigenvalue weighted by molar-refractivity contribution is 6.17. The number of aromatic nitrogens is 3. The minimum atomic E-state index is -4.57. The van der Waals surface area contributed by atoms with Crippen LogP contribution in [-0.2, 0) is 31.1 Å². The Hall–Kier alpha value is -2.87. The van der Waals surface area contributed by atoms with Gasteiger partial charge in [-0.25, -0.2) is 0 Å². The maximum atomic E-state index is 13.9. The third-order valence-corrected chi connectivity index (χ3v) is 8.26. The van der Waals surface area contributed by atoms with Gasteiger partial charge in [-0.3, -0.25) is 4.79 Å². The molecule has 3 aliphatic rings. The summed E-state index contributed by atoms with van der Waals surface area (Å²) >= 11 is 5.88. The number of fused-ring (bicyclic) bond motifs is 1. The molecule has 0 atom stereocenters. The number of hydrogen-bond donors (Lipinski definition) is 0. The van der Waals surface area contributed by atoms with Crippen LogP contribution in [0.4, 0.5) is 18.9 Å². The maximum absolute atomic E-state index is 13.9. The van der Waals surface area contributed by atoms with E-state index in [0.717, 1.165) is 48.7 Å². The predicted molar refractivity (Wildman–Crippen MR) is 130 cm³/mol. The second-order valence-electron chi connectivity index (χ2n) is 10.6. The molecule has 2 fully saturated rings. The summed E-state index contributed by atoms with van der Waals surface area (Å²) in [6.07, 6.45) is 1.07. The third kappa shape index (κ3) is 3.64. The van der Waals surface area contributed by atoms with Gasteiger partial charge >= 0.3 is 6.18 Å². The van der Waals surface area contributed by atoms with Crippen LogP contribution in [0.25, 0.3) is 0 Å². The Labute approximate surface area is 212 Å². The van der Waals surface area contributed by atoms with Gasteiger partial charge in [0, 0.05) is 24.2 Å². The highest BCUT2D eigenvalue weighted by atomic mass is 35.5. The molecule has 0 saturated heterocycles. The van der Waals surface area contributed by atoms with Crippen molar-refractivity contribution in [3.8, 4) is 0 Å². The summed E-state index contributed by atoms with van der Waals surface area (Å²) in [5.41, 5.74) is 2.09. The lowest BCUT2D eigenvalue weighted by Gasteiger charge is -2.46. The van der Waals surface area contributed by atoms with Crippen LogP contribution in [0.3, 0.4) is 0 Å². The first kappa shape index (κ1) is 23.5. The summed E-state index contributed by atoms with van der Waals surface area (Å²) in [7, 11) is 1.93. The van der Waals surface area contributed by atoms with Gasteiger partial charge in [0.15, 0.2) is 0 Å². The molecule has 0 radical (unpaired) electrons. The van der Waals surface area contributed by atoms with Crippen molar-refractivity contribution in [2.45, 2.75) is 62.5 Å². The van der Waals surface area contributed by atoms with Crippen molar-refractivity contribution in [1.82, 2.24) is 14.8 Å². The van der Waals surface area contributed by atoms with E-state index in [1.165, 1.54) is 11.0 Å². The topological polar surface area (TPSA) is 51.0 Å². The van der Waals surface area contributed by atoms with Gasteiger partial charge in [-0.15, -0.1) is 21.8 Å². The molecule has 2 saturated carbocycles. The van der Waals surface area contributed by atoms with Gasteiger partial charge in [0.1, 0.15) is 12.2 Å². The van der Waals surface area contributed by atoms with E-state index >= 15 is 0 Å². The summed E-state index contributed by atoms with van der Waals surface area (Å²) in [4.78, 5) is 15.0. The second kappa shape index (κ2) is 8.07. The van der Waals surface area contributed by atoms with Gasteiger partial charge in [0.05, 0.1) is 17.5 Å². The van der Waals surface area contributed by atoms with Crippen molar-refractivity contribution in [3.63, 3.8) is 0 Å². The van der Waals surface area contributed by atoms with Crippen molar-refractivity contribution in [3.05, 3.63) is 75.9 Å². The van der Waals surface area contributed by atoms with Gasteiger partial charge in [0.25, 0.3) is 5.91 Å². The number of rotatable bonds is 5. The summed E-state index contributed by atoms with van der Waals surface area (Å²) in [5, 5.41) is 8.55. The molecule has 9 heteroatoms.